The zero-order valence-corrected chi connectivity index (χ0v) is 12.1. The molecule has 1 aromatic heterocycles. The monoisotopic (exact) mass is 294 g/mol. The number of benzene rings is 1. The van der Waals surface area contributed by atoms with Crippen LogP contribution in [0.5, 0.6) is 5.75 Å². The van der Waals surface area contributed by atoms with Crippen LogP contribution in [0.2, 0.25) is 0 Å². The molecule has 0 radical (unpaired) electrons. The minimum atomic E-state index is -0.765. The van der Waals surface area contributed by atoms with Gasteiger partial charge in [0.2, 0.25) is 0 Å². The average Bonchev–Trinajstić information content (AvgIpc) is 2.66. The van der Waals surface area contributed by atoms with E-state index < -0.39 is 17.6 Å². The summed E-state index contributed by atoms with van der Waals surface area (Å²) in [4.78, 5) is 11.7. The van der Waals surface area contributed by atoms with Gasteiger partial charge in [-0.2, -0.15) is 5.10 Å². The van der Waals surface area contributed by atoms with Gasteiger partial charge in [0.15, 0.2) is 11.6 Å². The molecule has 4 nitrogen and oxygen atoms in total. The molecule has 1 aromatic carbocycles. The van der Waals surface area contributed by atoms with E-state index in [4.69, 9.17) is 4.74 Å². The molecule has 21 heavy (non-hydrogen) atoms. The van der Waals surface area contributed by atoms with Gasteiger partial charge in [0, 0.05) is 18.8 Å². The van der Waals surface area contributed by atoms with Crippen molar-refractivity contribution in [3.8, 4) is 5.75 Å². The minimum absolute atomic E-state index is 0.0727. The Balaban J connectivity index is 2.01. The Morgan fingerprint density at radius 2 is 2.05 bits per heavy atom. The van der Waals surface area contributed by atoms with E-state index in [9.17, 15) is 13.6 Å². The number of hydrogen-bond acceptors (Lipinski definition) is 3. The fourth-order valence-corrected chi connectivity index (χ4v) is 2.14. The van der Waals surface area contributed by atoms with Crippen molar-refractivity contribution in [2.45, 2.75) is 26.7 Å². The molecule has 112 valence electrons. The van der Waals surface area contributed by atoms with Crippen LogP contribution in [0.25, 0.3) is 0 Å². The topological polar surface area (TPSA) is 44.1 Å². The summed E-state index contributed by atoms with van der Waals surface area (Å²) in [6.07, 6.45) is 0.518. The van der Waals surface area contributed by atoms with E-state index in [1.54, 1.807) is 4.68 Å². The number of ether oxygens (including phenoxy) is 1. The predicted molar refractivity (Wildman–Crippen MR) is 73.0 cm³/mol. The highest BCUT2D eigenvalue weighted by Crippen LogP contribution is 2.19. The van der Waals surface area contributed by atoms with Gasteiger partial charge in [0.1, 0.15) is 5.82 Å². The SMILES string of the molecule is Cc1nn(C)c(C)c1CCC(=O)Oc1cc(F)ccc1F. The van der Waals surface area contributed by atoms with Crippen molar-refractivity contribution in [3.05, 3.63) is 46.8 Å². The van der Waals surface area contributed by atoms with Crippen molar-refractivity contribution < 1.29 is 18.3 Å². The number of aryl methyl sites for hydroxylation is 2. The number of carbonyl (C=O) groups excluding carboxylic acids is 1. The fraction of sp³-hybridized carbons (Fsp3) is 0.333. The van der Waals surface area contributed by atoms with Crippen LogP contribution in [0.1, 0.15) is 23.4 Å². The molecule has 0 unspecified atom stereocenters. The van der Waals surface area contributed by atoms with Gasteiger partial charge in [0.25, 0.3) is 0 Å². The lowest BCUT2D eigenvalue weighted by Crippen LogP contribution is -2.10. The van der Waals surface area contributed by atoms with Gasteiger partial charge < -0.3 is 4.74 Å². The molecule has 0 amide bonds. The van der Waals surface area contributed by atoms with Crippen LogP contribution in [0.15, 0.2) is 18.2 Å². The van der Waals surface area contributed by atoms with Crippen molar-refractivity contribution in [2.75, 3.05) is 0 Å². The number of nitrogens with zero attached hydrogens (tertiary/aromatic N) is 2. The first-order chi connectivity index (χ1) is 9.88. The minimum Gasteiger partial charge on any atom is -0.423 e. The number of aromatic nitrogens is 2. The van der Waals surface area contributed by atoms with Crippen LogP contribution in [-0.4, -0.2) is 15.7 Å². The van der Waals surface area contributed by atoms with Crippen LogP contribution in [-0.2, 0) is 18.3 Å². The predicted octanol–water partition coefficient (Wildman–Crippen LogP) is 2.85. The summed E-state index contributed by atoms with van der Waals surface area (Å²) in [6.45, 7) is 3.77. The number of hydrogen-bond donors (Lipinski definition) is 0. The summed E-state index contributed by atoms with van der Waals surface area (Å²) < 4.78 is 32.9. The Kier molecular flexibility index (Phi) is 4.35. The normalized spacial score (nSPS) is 10.7. The largest absolute Gasteiger partial charge is 0.423 e. The average molecular weight is 294 g/mol. The van der Waals surface area contributed by atoms with Crippen molar-refractivity contribution >= 4 is 5.97 Å². The third-order valence-electron chi connectivity index (χ3n) is 3.36. The molecule has 2 aromatic rings. The van der Waals surface area contributed by atoms with E-state index in [0.29, 0.717) is 6.42 Å². The van der Waals surface area contributed by atoms with Crippen LogP contribution in [0.3, 0.4) is 0 Å². The number of halogens is 2. The highest BCUT2D eigenvalue weighted by molar-refractivity contribution is 5.72. The van der Waals surface area contributed by atoms with Crippen LogP contribution in [0, 0.1) is 25.5 Å². The van der Waals surface area contributed by atoms with Crippen molar-refractivity contribution in [2.24, 2.45) is 7.05 Å². The van der Waals surface area contributed by atoms with Crippen molar-refractivity contribution in [3.63, 3.8) is 0 Å². The molecule has 0 fully saturated rings. The van der Waals surface area contributed by atoms with Gasteiger partial charge in [0.05, 0.1) is 12.1 Å². The van der Waals surface area contributed by atoms with Gasteiger partial charge in [-0.25, -0.2) is 8.78 Å². The van der Waals surface area contributed by atoms with E-state index in [1.165, 1.54) is 0 Å². The van der Waals surface area contributed by atoms with Gasteiger partial charge in [-0.3, -0.25) is 9.48 Å². The summed E-state index contributed by atoms with van der Waals surface area (Å²) in [7, 11) is 1.83. The van der Waals surface area contributed by atoms with E-state index in [0.717, 1.165) is 35.2 Å². The summed E-state index contributed by atoms with van der Waals surface area (Å²) in [5, 5.41) is 4.25. The summed E-state index contributed by atoms with van der Waals surface area (Å²) in [5.74, 6) is -2.42. The Labute approximate surface area is 121 Å². The molecule has 0 spiro atoms. The van der Waals surface area contributed by atoms with Gasteiger partial charge in [-0.1, -0.05) is 0 Å². The second kappa shape index (κ2) is 6.03. The number of esters is 1. The second-order valence-electron chi connectivity index (χ2n) is 4.82. The molecule has 0 aliphatic carbocycles. The zero-order chi connectivity index (χ0) is 15.6. The molecule has 0 aliphatic heterocycles. The van der Waals surface area contributed by atoms with Gasteiger partial charge in [-0.15, -0.1) is 0 Å². The van der Waals surface area contributed by atoms with E-state index in [1.807, 2.05) is 20.9 Å². The molecule has 0 bridgehead atoms. The molecule has 0 saturated heterocycles. The molecule has 0 saturated carbocycles. The molecular weight excluding hydrogens is 278 g/mol. The lowest BCUT2D eigenvalue weighted by molar-refractivity contribution is -0.134. The van der Waals surface area contributed by atoms with Crippen LogP contribution in [0.4, 0.5) is 8.78 Å². The number of rotatable bonds is 4. The fourth-order valence-electron chi connectivity index (χ4n) is 2.14. The van der Waals surface area contributed by atoms with Gasteiger partial charge in [-0.05, 0) is 38.0 Å². The Hall–Kier alpha value is -2.24. The first-order valence-corrected chi connectivity index (χ1v) is 6.53. The summed E-state index contributed by atoms with van der Waals surface area (Å²) in [6, 6.07) is 2.75. The standard InChI is InChI=1S/C15H16F2N2O2/c1-9-12(10(2)19(3)18-9)5-7-15(20)21-14-8-11(16)4-6-13(14)17/h4,6,8H,5,7H2,1-3H3. The molecule has 1 heterocycles. The molecule has 0 N–H and O–H groups in total. The van der Waals surface area contributed by atoms with Crippen molar-refractivity contribution in [1.82, 2.24) is 9.78 Å². The van der Waals surface area contributed by atoms with Gasteiger partial charge >= 0.3 is 5.97 Å². The Bertz CT molecular complexity index is 681. The van der Waals surface area contributed by atoms with E-state index >= 15 is 0 Å². The third kappa shape index (κ3) is 3.45. The maximum atomic E-state index is 13.4. The summed E-state index contributed by atoms with van der Waals surface area (Å²) >= 11 is 0. The smallest absolute Gasteiger partial charge is 0.311 e. The lowest BCUT2D eigenvalue weighted by Gasteiger charge is -2.06. The second-order valence-corrected chi connectivity index (χ2v) is 4.82. The quantitative estimate of drug-likeness (QED) is 0.643. The first kappa shape index (κ1) is 15.2. The molecule has 2 rings (SSSR count). The lowest BCUT2D eigenvalue weighted by atomic mass is 10.1. The van der Waals surface area contributed by atoms with Crippen LogP contribution < -0.4 is 4.74 Å². The molecule has 6 heteroatoms. The molecular formula is C15H16F2N2O2. The van der Waals surface area contributed by atoms with E-state index in [-0.39, 0.29) is 12.2 Å². The molecule has 0 aliphatic rings. The number of carbonyl (C=O) groups is 1. The Morgan fingerprint density at radius 3 is 2.67 bits per heavy atom. The zero-order valence-electron chi connectivity index (χ0n) is 12.1. The maximum Gasteiger partial charge on any atom is 0.311 e. The highest BCUT2D eigenvalue weighted by atomic mass is 19.1. The highest BCUT2D eigenvalue weighted by Gasteiger charge is 2.14. The molecule has 0 atom stereocenters. The maximum absolute atomic E-state index is 13.4. The van der Waals surface area contributed by atoms with Crippen LogP contribution >= 0.6 is 0 Å². The first-order valence-electron chi connectivity index (χ1n) is 6.53. The van der Waals surface area contributed by atoms with E-state index in [2.05, 4.69) is 5.10 Å². The third-order valence-corrected chi connectivity index (χ3v) is 3.36. The van der Waals surface area contributed by atoms with Crippen molar-refractivity contribution in [1.29, 1.82) is 0 Å². The summed E-state index contributed by atoms with van der Waals surface area (Å²) in [5.41, 5.74) is 2.78. The Morgan fingerprint density at radius 1 is 1.33 bits per heavy atom.